The van der Waals surface area contributed by atoms with Crippen molar-refractivity contribution in [2.45, 2.75) is 19.9 Å². The Balaban J connectivity index is 2.14. The SMILES string of the molecule is COC(=O)CCN(C)Cc1cc(C)nc2ccccc12. The van der Waals surface area contributed by atoms with Gasteiger partial charge in [0.15, 0.2) is 0 Å². The van der Waals surface area contributed by atoms with E-state index in [0.29, 0.717) is 13.0 Å². The Morgan fingerprint density at radius 1 is 1.35 bits per heavy atom. The van der Waals surface area contributed by atoms with Crippen molar-refractivity contribution in [3.05, 3.63) is 41.6 Å². The minimum atomic E-state index is -0.174. The second-order valence-corrected chi connectivity index (χ2v) is 5.00. The minimum absolute atomic E-state index is 0.174. The molecule has 0 radical (unpaired) electrons. The first-order valence-corrected chi connectivity index (χ1v) is 6.71. The molecule has 0 amide bonds. The molecule has 0 unspecified atom stereocenters. The quantitative estimate of drug-likeness (QED) is 0.784. The smallest absolute Gasteiger partial charge is 0.306 e. The van der Waals surface area contributed by atoms with E-state index in [-0.39, 0.29) is 5.97 Å². The summed E-state index contributed by atoms with van der Waals surface area (Å²) in [6.45, 7) is 3.48. The van der Waals surface area contributed by atoms with Crippen LogP contribution in [0.5, 0.6) is 0 Å². The number of aromatic nitrogens is 1. The highest BCUT2D eigenvalue weighted by Gasteiger charge is 2.08. The highest BCUT2D eigenvalue weighted by atomic mass is 16.5. The van der Waals surface area contributed by atoms with E-state index in [2.05, 4.69) is 26.8 Å². The first-order chi connectivity index (χ1) is 9.60. The molecular formula is C16H20N2O2. The number of carbonyl (C=O) groups is 1. The van der Waals surface area contributed by atoms with Gasteiger partial charge in [0.05, 0.1) is 19.0 Å². The Labute approximate surface area is 119 Å². The van der Waals surface area contributed by atoms with Crippen molar-refractivity contribution >= 4 is 16.9 Å². The molecule has 0 aliphatic heterocycles. The van der Waals surface area contributed by atoms with Crippen LogP contribution in [0, 0.1) is 6.92 Å². The molecule has 0 atom stereocenters. The van der Waals surface area contributed by atoms with Crippen molar-refractivity contribution in [2.24, 2.45) is 0 Å². The number of fused-ring (bicyclic) bond motifs is 1. The average molecular weight is 272 g/mol. The number of aryl methyl sites for hydroxylation is 1. The molecule has 0 bridgehead atoms. The van der Waals surface area contributed by atoms with Crippen molar-refractivity contribution in [1.29, 1.82) is 0 Å². The van der Waals surface area contributed by atoms with Crippen LogP contribution < -0.4 is 0 Å². The second-order valence-electron chi connectivity index (χ2n) is 5.00. The van der Waals surface area contributed by atoms with Gasteiger partial charge in [0.1, 0.15) is 0 Å². The summed E-state index contributed by atoms with van der Waals surface area (Å²) < 4.78 is 4.66. The van der Waals surface area contributed by atoms with Gasteiger partial charge in [0.25, 0.3) is 0 Å². The Morgan fingerprint density at radius 2 is 2.10 bits per heavy atom. The number of para-hydroxylation sites is 1. The summed E-state index contributed by atoms with van der Waals surface area (Å²) in [5, 5.41) is 1.17. The van der Waals surface area contributed by atoms with Gasteiger partial charge in [-0.3, -0.25) is 9.78 Å². The van der Waals surface area contributed by atoms with E-state index in [0.717, 1.165) is 17.8 Å². The lowest BCUT2D eigenvalue weighted by Crippen LogP contribution is -2.22. The highest BCUT2D eigenvalue weighted by Crippen LogP contribution is 2.19. The number of pyridine rings is 1. The fraction of sp³-hybridized carbons (Fsp3) is 0.375. The van der Waals surface area contributed by atoms with E-state index in [4.69, 9.17) is 0 Å². The summed E-state index contributed by atoms with van der Waals surface area (Å²) in [5.41, 5.74) is 3.27. The molecule has 0 spiro atoms. The normalized spacial score (nSPS) is 11.0. The maximum atomic E-state index is 11.2. The molecule has 2 rings (SSSR count). The Bertz CT molecular complexity index is 610. The van der Waals surface area contributed by atoms with E-state index in [9.17, 15) is 4.79 Å². The zero-order chi connectivity index (χ0) is 14.5. The van der Waals surface area contributed by atoms with Gasteiger partial charge in [-0.15, -0.1) is 0 Å². The molecule has 4 nitrogen and oxygen atoms in total. The number of methoxy groups -OCH3 is 1. The largest absolute Gasteiger partial charge is 0.469 e. The Morgan fingerprint density at radius 3 is 2.85 bits per heavy atom. The summed E-state index contributed by atoms with van der Waals surface area (Å²) in [6.07, 6.45) is 0.412. The maximum absolute atomic E-state index is 11.2. The van der Waals surface area contributed by atoms with Crippen molar-refractivity contribution in [3.63, 3.8) is 0 Å². The first-order valence-electron chi connectivity index (χ1n) is 6.71. The van der Waals surface area contributed by atoms with Gasteiger partial charge in [-0.05, 0) is 31.7 Å². The summed E-state index contributed by atoms with van der Waals surface area (Å²) in [5.74, 6) is -0.174. The predicted octanol–water partition coefficient (Wildman–Crippen LogP) is 2.54. The number of hydrogen-bond acceptors (Lipinski definition) is 4. The highest BCUT2D eigenvalue weighted by molar-refractivity contribution is 5.82. The molecule has 0 aliphatic carbocycles. The number of rotatable bonds is 5. The fourth-order valence-corrected chi connectivity index (χ4v) is 2.28. The van der Waals surface area contributed by atoms with E-state index < -0.39 is 0 Å². The van der Waals surface area contributed by atoms with Crippen molar-refractivity contribution in [2.75, 3.05) is 20.7 Å². The number of benzene rings is 1. The third-order valence-corrected chi connectivity index (χ3v) is 3.30. The third kappa shape index (κ3) is 3.54. The van der Waals surface area contributed by atoms with Crippen LogP contribution in [0.3, 0.4) is 0 Å². The summed E-state index contributed by atoms with van der Waals surface area (Å²) in [4.78, 5) is 17.8. The molecule has 1 aromatic heterocycles. The molecule has 106 valence electrons. The van der Waals surface area contributed by atoms with Crippen LogP contribution in [-0.4, -0.2) is 36.6 Å². The lowest BCUT2D eigenvalue weighted by molar-refractivity contribution is -0.140. The molecule has 4 heteroatoms. The standard InChI is InChI=1S/C16H20N2O2/c1-12-10-13(11-18(2)9-8-16(19)20-3)14-6-4-5-7-15(14)17-12/h4-7,10H,8-9,11H2,1-3H3. The average Bonchev–Trinajstić information content (AvgIpc) is 2.44. The Kier molecular flexibility index (Phi) is 4.69. The molecule has 0 saturated carbocycles. The molecule has 0 aliphatic rings. The summed E-state index contributed by atoms with van der Waals surface area (Å²) in [7, 11) is 3.43. The number of ether oxygens (including phenoxy) is 1. The Hall–Kier alpha value is -1.94. The molecule has 0 saturated heterocycles. The zero-order valence-corrected chi connectivity index (χ0v) is 12.2. The van der Waals surface area contributed by atoms with E-state index >= 15 is 0 Å². The lowest BCUT2D eigenvalue weighted by Gasteiger charge is -2.17. The molecule has 1 aromatic carbocycles. The van der Waals surface area contributed by atoms with Crippen LogP contribution in [0.15, 0.2) is 30.3 Å². The van der Waals surface area contributed by atoms with Crippen LogP contribution in [0.4, 0.5) is 0 Å². The molecule has 0 fully saturated rings. The third-order valence-electron chi connectivity index (χ3n) is 3.30. The van der Waals surface area contributed by atoms with Gasteiger partial charge >= 0.3 is 5.97 Å². The molecule has 1 heterocycles. The van der Waals surface area contributed by atoms with Gasteiger partial charge in [-0.2, -0.15) is 0 Å². The summed E-state index contributed by atoms with van der Waals surface area (Å²) in [6, 6.07) is 10.2. The van der Waals surface area contributed by atoms with Crippen molar-refractivity contribution in [1.82, 2.24) is 9.88 Å². The predicted molar refractivity (Wildman–Crippen MR) is 79.4 cm³/mol. The summed E-state index contributed by atoms with van der Waals surface area (Å²) >= 11 is 0. The number of esters is 1. The number of nitrogens with zero attached hydrogens (tertiary/aromatic N) is 2. The molecule has 20 heavy (non-hydrogen) atoms. The van der Waals surface area contributed by atoms with E-state index in [1.54, 1.807) is 0 Å². The van der Waals surface area contributed by atoms with Crippen LogP contribution in [0.2, 0.25) is 0 Å². The van der Waals surface area contributed by atoms with Crippen LogP contribution in [0.1, 0.15) is 17.7 Å². The number of hydrogen-bond donors (Lipinski definition) is 0. The topological polar surface area (TPSA) is 42.4 Å². The van der Waals surface area contributed by atoms with Gasteiger partial charge in [0.2, 0.25) is 0 Å². The monoisotopic (exact) mass is 272 g/mol. The van der Waals surface area contributed by atoms with Crippen molar-refractivity contribution < 1.29 is 9.53 Å². The number of carbonyl (C=O) groups excluding carboxylic acids is 1. The van der Waals surface area contributed by atoms with Gasteiger partial charge in [0, 0.05) is 24.2 Å². The van der Waals surface area contributed by atoms with Gasteiger partial charge in [-0.1, -0.05) is 18.2 Å². The van der Waals surface area contributed by atoms with Gasteiger partial charge < -0.3 is 9.64 Å². The molecular weight excluding hydrogens is 252 g/mol. The lowest BCUT2D eigenvalue weighted by atomic mass is 10.1. The zero-order valence-electron chi connectivity index (χ0n) is 12.2. The molecule has 2 aromatic rings. The maximum Gasteiger partial charge on any atom is 0.306 e. The first kappa shape index (κ1) is 14.5. The van der Waals surface area contributed by atoms with Crippen LogP contribution in [0.25, 0.3) is 10.9 Å². The fourth-order valence-electron chi connectivity index (χ4n) is 2.28. The van der Waals surface area contributed by atoms with E-state index in [1.807, 2.05) is 32.2 Å². The minimum Gasteiger partial charge on any atom is -0.469 e. The van der Waals surface area contributed by atoms with Crippen molar-refractivity contribution in [3.8, 4) is 0 Å². The van der Waals surface area contributed by atoms with Crippen LogP contribution in [-0.2, 0) is 16.1 Å². The van der Waals surface area contributed by atoms with Crippen LogP contribution >= 0.6 is 0 Å². The van der Waals surface area contributed by atoms with Gasteiger partial charge in [-0.25, -0.2) is 0 Å². The second kappa shape index (κ2) is 6.48. The van der Waals surface area contributed by atoms with E-state index in [1.165, 1.54) is 18.1 Å². The molecule has 0 N–H and O–H groups in total.